The fourth-order valence-corrected chi connectivity index (χ4v) is 2.17. The van der Waals surface area contributed by atoms with Crippen LogP contribution < -0.4 is 10.6 Å². The topological polar surface area (TPSA) is 66.9 Å². The number of piperidine rings is 1. The van der Waals surface area contributed by atoms with Gasteiger partial charge in [-0.15, -0.1) is 17.5 Å². The molecular weight excluding hydrogens is 248 g/mol. The zero-order valence-electron chi connectivity index (χ0n) is 8.97. The van der Waals surface area contributed by atoms with Crippen LogP contribution in [0.25, 0.3) is 0 Å². The molecule has 0 radical (unpaired) electrons. The summed E-state index contributed by atoms with van der Waals surface area (Å²) >= 11 is 1.13. The van der Waals surface area contributed by atoms with E-state index in [1.807, 2.05) is 0 Å². The monoisotopic (exact) mass is 262 g/mol. The number of carbonyl (C=O) groups is 1. The van der Waals surface area contributed by atoms with Crippen LogP contribution in [0.3, 0.4) is 0 Å². The van der Waals surface area contributed by atoms with Gasteiger partial charge >= 0.3 is 0 Å². The first-order valence-electron chi connectivity index (χ1n) is 5.09. The van der Waals surface area contributed by atoms with E-state index in [0.717, 1.165) is 30.9 Å². The molecule has 2 unspecified atom stereocenters. The molecular formula is C9H15ClN4OS. The molecule has 1 aromatic heterocycles. The number of hydrogen-bond acceptors (Lipinski definition) is 5. The summed E-state index contributed by atoms with van der Waals surface area (Å²) in [5.41, 5.74) is 0. The second-order valence-corrected chi connectivity index (χ2v) is 4.53. The Morgan fingerprint density at radius 3 is 3.12 bits per heavy atom. The van der Waals surface area contributed by atoms with Gasteiger partial charge in [-0.05, 0) is 37.8 Å². The van der Waals surface area contributed by atoms with E-state index in [1.54, 1.807) is 0 Å². The molecule has 0 aliphatic carbocycles. The number of amides is 1. The number of nitrogens with zero attached hydrogens (tertiary/aromatic N) is 2. The molecule has 2 heterocycles. The van der Waals surface area contributed by atoms with Crippen LogP contribution in [0.5, 0.6) is 0 Å². The first-order chi connectivity index (χ1) is 7.27. The van der Waals surface area contributed by atoms with Crippen molar-refractivity contribution in [2.24, 2.45) is 0 Å². The first-order valence-corrected chi connectivity index (χ1v) is 5.86. The highest BCUT2D eigenvalue weighted by Crippen LogP contribution is 2.10. The van der Waals surface area contributed by atoms with Crippen molar-refractivity contribution in [3.8, 4) is 0 Å². The summed E-state index contributed by atoms with van der Waals surface area (Å²) in [6, 6.07) is 0.553. The first kappa shape index (κ1) is 13.3. The van der Waals surface area contributed by atoms with Crippen LogP contribution in [0.4, 0.5) is 0 Å². The summed E-state index contributed by atoms with van der Waals surface area (Å²) in [7, 11) is 0. The quantitative estimate of drug-likeness (QED) is 0.829. The highest BCUT2D eigenvalue weighted by Gasteiger charge is 2.23. The summed E-state index contributed by atoms with van der Waals surface area (Å²) < 4.78 is 3.67. The molecule has 2 N–H and O–H groups in total. The summed E-state index contributed by atoms with van der Waals surface area (Å²) in [6.45, 7) is 3.13. The maximum Gasteiger partial charge on any atom is 0.264 e. The van der Waals surface area contributed by atoms with Crippen LogP contribution in [0.1, 0.15) is 29.4 Å². The molecule has 5 nitrogen and oxygen atoms in total. The van der Waals surface area contributed by atoms with Crippen LogP contribution in [-0.4, -0.2) is 34.1 Å². The smallest absolute Gasteiger partial charge is 0.264 e. The summed E-state index contributed by atoms with van der Waals surface area (Å²) in [6.07, 6.45) is 3.64. The Morgan fingerprint density at radius 2 is 2.50 bits per heavy atom. The Hall–Kier alpha value is -0.720. The Balaban J connectivity index is 0.00000128. The largest absolute Gasteiger partial charge is 0.347 e. The lowest BCUT2D eigenvalue weighted by Gasteiger charge is -2.30. The summed E-state index contributed by atoms with van der Waals surface area (Å²) in [5, 5.41) is 9.99. The standard InChI is InChI=1S/C9H14N4OS.ClH/c1-6-7(3-2-4-10-6)12-9(14)8-5-11-13-15-8;/h5-7,10H,2-4H2,1H3,(H,12,14);1H. The molecule has 0 spiro atoms. The number of rotatable bonds is 2. The van der Waals surface area contributed by atoms with E-state index in [4.69, 9.17) is 0 Å². The number of hydrogen-bond donors (Lipinski definition) is 2. The lowest BCUT2D eigenvalue weighted by atomic mass is 10.00. The second kappa shape index (κ2) is 6.12. The molecule has 2 rings (SSSR count). The minimum absolute atomic E-state index is 0. The predicted molar refractivity (Wildman–Crippen MR) is 65.1 cm³/mol. The predicted octanol–water partition coefficient (Wildman–Crippen LogP) is 0.830. The van der Waals surface area contributed by atoms with Gasteiger partial charge in [0.25, 0.3) is 5.91 Å². The average molecular weight is 263 g/mol. The Labute approximate surface area is 105 Å². The van der Waals surface area contributed by atoms with Gasteiger partial charge in [0.15, 0.2) is 0 Å². The highest BCUT2D eigenvalue weighted by atomic mass is 35.5. The van der Waals surface area contributed by atoms with E-state index in [-0.39, 0.29) is 24.4 Å². The van der Waals surface area contributed by atoms with Crippen LogP contribution >= 0.6 is 23.9 Å². The normalized spacial score (nSPS) is 24.6. The molecule has 2 atom stereocenters. The minimum atomic E-state index is -0.0643. The van der Waals surface area contributed by atoms with E-state index in [2.05, 4.69) is 27.1 Å². The third-order valence-corrected chi connectivity index (χ3v) is 3.33. The Bertz CT molecular complexity index is 332. The third-order valence-electron chi connectivity index (χ3n) is 2.66. The molecule has 90 valence electrons. The SMILES string of the molecule is CC1NCCCC1NC(=O)c1cnns1.Cl. The highest BCUT2D eigenvalue weighted by molar-refractivity contribution is 7.07. The van der Waals surface area contributed by atoms with E-state index in [1.165, 1.54) is 6.20 Å². The number of halogens is 1. The van der Waals surface area contributed by atoms with E-state index in [9.17, 15) is 4.79 Å². The van der Waals surface area contributed by atoms with Crippen molar-refractivity contribution >= 4 is 29.8 Å². The molecule has 0 saturated carbocycles. The molecule has 0 bridgehead atoms. The molecule has 16 heavy (non-hydrogen) atoms. The van der Waals surface area contributed by atoms with Crippen molar-refractivity contribution in [1.82, 2.24) is 20.2 Å². The van der Waals surface area contributed by atoms with E-state index < -0.39 is 0 Å². The Morgan fingerprint density at radius 1 is 1.69 bits per heavy atom. The van der Waals surface area contributed by atoms with Gasteiger partial charge in [-0.3, -0.25) is 4.79 Å². The molecule has 0 aromatic carbocycles. The van der Waals surface area contributed by atoms with Crippen LogP contribution in [0.15, 0.2) is 6.20 Å². The zero-order chi connectivity index (χ0) is 10.7. The molecule has 1 saturated heterocycles. The molecule has 7 heteroatoms. The number of nitrogens with one attached hydrogen (secondary N) is 2. The van der Waals surface area contributed by atoms with Crippen molar-refractivity contribution in [2.45, 2.75) is 31.8 Å². The average Bonchev–Trinajstić information content (AvgIpc) is 2.74. The van der Waals surface area contributed by atoms with Gasteiger partial charge in [-0.25, -0.2) is 0 Å². The van der Waals surface area contributed by atoms with Crippen LogP contribution in [0.2, 0.25) is 0 Å². The lowest BCUT2D eigenvalue weighted by molar-refractivity contribution is 0.0924. The van der Waals surface area contributed by atoms with Gasteiger partial charge in [0, 0.05) is 12.1 Å². The van der Waals surface area contributed by atoms with Crippen molar-refractivity contribution in [3.05, 3.63) is 11.1 Å². The van der Waals surface area contributed by atoms with Crippen molar-refractivity contribution in [2.75, 3.05) is 6.54 Å². The summed E-state index contributed by atoms with van der Waals surface area (Å²) in [5.74, 6) is -0.0643. The van der Waals surface area contributed by atoms with Gasteiger partial charge < -0.3 is 10.6 Å². The van der Waals surface area contributed by atoms with Crippen LogP contribution in [0, 0.1) is 0 Å². The minimum Gasteiger partial charge on any atom is -0.347 e. The number of carbonyl (C=O) groups excluding carboxylic acids is 1. The van der Waals surface area contributed by atoms with Gasteiger partial charge in [-0.1, -0.05) is 4.49 Å². The maximum absolute atomic E-state index is 11.7. The summed E-state index contributed by atoms with van der Waals surface area (Å²) in [4.78, 5) is 12.3. The van der Waals surface area contributed by atoms with Gasteiger partial charge in [-0.2, -0.15) is 0 Å². The fraction of sp³-hybridized carbons (Fsp3) is 0.667. The molecule has 1 aliphatic heterocycles. The van der Waals surface area contributed by atoms with Gasteiger partial charge in [0.2, 0.25) is 0 Å². The molecule has 1 aromatic rings. The molecule has 1 aliphatic rings. The van der Waals surface area contributed by atoms with Gasteiger partial charge in [0.1, 0.15) is 4.88 Å². The third kappa shape index (κ3) is 3.13. The number of aromatic nitrogens is 2. The van der Waals surface area contributed by atoms with E-state index >= 15 is 0 Å². The fourth-order valence-electron chi connectivity index (χ4n) is 1.75. The molecule has 1 fully saturated rings. The second-order valence-electron chi connectivity index (χ2n) is 3.75. The molecule has 1 amide bonds. The maximum atomic E-state index is 11.7. The Kier molecular flexibility index (Phi) is 5.11. The lowest BCUT2D eigenvalue weighted by Crippen LogP contribution is -2.51. The zero-order valence-corrected chi connectivity index (χ0v) is 10.6. The van der Waals surface area contributed by atoms with Gasteiger partial charge in [0.05, 0.1) is 6.20 Å². The van der Waals surface area contributed by atoms with Crippen molar-refractivity contribution in [1.29, 1.82) is 0 Å². The van der Waals surface area contributed by atoms with Crippen molar-refractivity contribution < 1.29 is 4.79 Å². The van der Waals surface area contributed by atoms with E-state index in [0.29, 0.717) is 10.9 Å². The van der Waals surface area contributed by atoms with Crippen molar-refractivity contribution in [3.63, 3.8) is 0 Å². The van der Waals surface area contributed by atoms with Crippen LogP contribution in [-0.2, 0) is 0 Å².